The summed E-state index contributed by atoms with van der Waals surface area (Å²) >= 11 is 0. The molecule has 0 fully saturated rings. The summed E-state index contributed by atoms with van der Waals surface area (Å²) < 4.78 is 6.45. The third-order valence-corrected chi connectivity index (χ3v) is 11.0. The summed E-state index contributed by atoms with van der Waals surface area (Å²) in [6, 6.07) is 72.4. The molecule has 0 radical (unpaired) electrons. The van der Waals surface area contributed by atoms with Crippen molar-refractivity contribution in [3.8, 4) is 22.3 Å². The Labute approximate surface area is 312 Å². The van der Waals surface area contributed by atoms with Gasteiger partial charge >= 0.3 is 0 Å². The third-order valence-electron chi connectivity index (χ3n) is 11.0. The average Bonchev–Trinajstić information content (AvgIpc) is 3.63. The largest absolute Gasteiger partial charge is 0.455 e. The number of anilines is 3. The summed E-state index contributed by atoms with van der Waals surface area (Å²) in [4.78, 5) is 2.42. The molecule has 0 saturated heterocycles. The lowest BCUT2D eigenvalue weighted by atomic mass is 9.93. The molecule has 0 amide bonds. The second kappa shape index (κ2) is 12.2. The molecule has 0 aliphatic heterocycles. The van der Waals surface area contributed by atoms with Gasteiger partial charge in [0.1, 0.15) is 11.2 Å². The minimum Gasteiger partial charge on any atom is -0.455 e. The predicted molar refractivity (Wildman–Crippen MR) is 229 cm³/mol. The van der Waals surface area contributed by atoms with Crippen LogP contribution >= 0.6 is 0 Å². The number of rotatable bonds is 5. The summed E-state index contributed by atoms with van der Waals surface area (Å²) in [6.45, 7) is 0. The molecule has 0 N–H and O–H groups in total. The Hall–Kier alpha value is -7.16. The van der Waals surface area contributed by atoms with E-state index in [2.05, 4.69) is 193 Å². The van der Waals surface area contributed by atoms with Crippen molar-refractivity contribution >= 4 is 82.1 Å². The highest BCUT2D eigenvalue weighted by molar-refractivity contribution is 6.16. The van der Waals surface area contributed by atoms with Crippen molar-refractivity contribution in [2.75, 3.05) is 4.90 Å². The molecule has 0 spiro atoms. The number of nitrogens with zero attached hydrogens (tertiary/aromatic N) is 1. The first-order chi connectivity index (χ1) is 26.8. The maximum absolute atomic E-state index is 6.45. The summed E-state index contributed by atoms with van der Waals surface area (Å²) in [5.41, 5.74) is 9.74. The fraction of sp³-hybridized carbons (Fsp3) is 0. The van der Waals surface area contributed by atoms with Gasteiger partial charge in [0.2, 0.25) is 0 Å². The van der Waals surface area contributed by atoms with Gasteiger partial charge in [0.05, 0.1) is 5.69 Å². The van der Waals surface area contributed by atoms with Crippen molar-refractivity contribution in [1.82, 2.24) is 0 Å². The van der Waals surface area contributed by atoms with Crippen LogP contribution in [0.3, 0.4) is 0 Å². The van der Waals surface area contributed by atoms with Gasteiger partial charge in [0.25, 0.3) is 0 Å². The molecule has 11 rings (SSSR count). The van der Waals surface area contributed by atoms with Gasteiger partial charge in [-0.25, -0.2) is 0 Å². The molecular formula is C52H33NO. The van der Waals surface area contributed by atoms with Gasteiger partial charge in [0, 0.05) is 33.1 Å². The number of para-hydroxylation sites is 2. The molecule has 1 heterocycles. The minimum absolute atomic E-state index is 0.907. The van der Waals surface area contributed by atoms with Gasteiger partial charge in [-0.15, -0.1) is 0 Å². The molecule has 10 aromatic carbocycles. The van der Waals surface area contributed by atoms with E-state index in [4.69, 9.17) is 4.42 Å². The van der Waals surface area contributed by atoms with E-state index >= 15 is 0 Å². The van der Waals surface area contributed by atoms with Crippen molar-refractivity contribution in [3.05, 3.63) is 200 Å². The van der Waals surface area contributed by atoms with Crippen LogP contribution in [0.5, 0.6) is 0 Å². The molecule has 0 aliphatic rings. The Kier molecular flexibility index (Phi) is 6.90. The SMILES string of the molecule is c1cc(-c2cc3ccccc3c3ccccc23)cc(N(c2ccc(-c3cccc4c3oc3ccccc34)cc2)c2cc3ccccc3c3ccccc23)c1. The standard InChI is InChI=1S/C52H33NO/c1-3-17-40-36(13-1)32-49(45-21-6-5-19-43(40)45)35-15-11-16-39(31-35)53(50-33-37-14-2-4-18-41(37)44-20-7-8-22-46(44)50)38-29-27-34(28-30-38)42-24-12-25-48-47-23-9-10-26-51(47)54-52(42)48/h1-33H. The van der Waals surface area contributed by atoms with Crippen LogP contribution in [0.2, 0.25) is 0 Å². The number of hydrogen-bond donors (Lipinski definition) is 0. The van der Waals surface area contributed by atoms with E-state index in [0.29, 0.717) is 0 Å². The van der Waals surface area contributed by atoms with Crippen molar-refractivity contribution in [2.45, 2.75) is 0 Å². The monoisotopic (exact) mass is 687 g/mol. The normalized spacial score (nSPS) is 11.7. The van der Waals surface area contributed by atoms with Gasteiger partial charge in [-0.05, 0) is 96.9 Å². The summed E-state index contributed by atoms with van der Waals surface area (Å²) in [5.74, 6) is 0. The third kappa shape index (κ3) is 4.81. The highest BCUT2D eigenvalue weighted by atomic mass is 16.3. The van der Waals surface area contributed by atoms with Gasteiger partial charge < -0.3 is 9.32 Å². The van der Waals surface area contributed by atoms with Gasteiger partial charge in [0.15, 0.2) is 0 Å². The Morgan fingerprint density at radius 2 is 0.889 bits per heavy atom. The van der Waals surface area contributed by atoms with Crippen LogP contribution in [0, 0.1) is 0 Å². The fourth-order valence-electron chi connectivity index (χ4n) is 8.52. The average molecular weight is 688 g/mol. The zero-order valence-electron chi connectivity index (χ0n) is 29.4. The van der Waals surface area contributed by atoms with Crippen LogP contribution in [0.15, 0.2) is 205 Å². The molecule has 252 valence electrons. The molecule has 0 aliphatic carbocycles. The van der Waals surface area contributed by atoms with Crippen LogP contribution in [-0.4, -0.2) is 0 Å². The van der Waals surface area contributed by atoms with Gasteiger partial charge in [-0.1, -0.05) is 158 Å². The van der Waals surface area contributed by atoms with E-state index in [0.717, 1.165) is 50.1 Å². The molecule has 11 aromatic rings. The first kappa shape index (κ1) is 30.5. The van der Waals surface area contributed by atoms with Crippen LogP contribution in [-0.2, 0) is 0 Å². The molecular weight excluding hydrogens is 655 g/mol. The lowest BCUT2D eigenvalue weighted by molar-refractivity contribution is 0.670. The Morgan fingerprint density at radius 3 is 1.65 bits per heavy atom. The van der Waals surface area contributed by atoms with Crippen LogP contribution < -0.4 is 4.90 Å². The summed E-state index contributed by atoms with van der Waals surface area (Å²) in [6.07, 6.45) is 0. The topological polar surface area (TPSA) is 16.4 Å². The Balaban J connectivity index is 1.12. The van der Waals surface area contributed by atoms with E-state index in [1.807, 2.05) is 12.1 Å². The van der Waals surface area contributed by atoms with E-state index in [9.17, 15) is 0 Å². The van der Waals surface area contributed by atoms with Crippen molar-refractivity contribution in [1.29, 1.82) is 0 Å². The minimum atomic E-state index is 0.907. The maximum atomic E-state index is 6.45. The first-order valence-electron chi connectivity index (χ1n) is 18.5. The van der Waals surface area contributed by atoms with E-state index in [1.54, 1.807) is 0 Å². The maximum Gasteiger partial charge on any atom is 0.143 e. The second-order valence-corrected chi connectivity index (χ2v) is 14.1. The number of hydrogen-bond acceptors (Lipinski definition) is 2. The second-order valence-electron chi connectivity index (χ2n) is 14.1. The molecule has 2 heteroatoms. The molecule has 0 unspecified atom stereocenters. The van der Waals surface area contributed by atoms with Crippen molar-refractivity contribution < 1.29 is 4.42 Å². The zero-order valence-corrected chi connectivity index (χ0v) is 29.4. The predicted octanol–water partition coefficient (Wildman–Crippen LogP) is 15.0. The Bertz CT molecular complexity index is 3230. The van der Waals surface area contributed by atoms with E-state index in [-0.39, 0.29) is 0 Å². The van der Waals surface area contributed by atoms with Crippen molar-refractivity contribution in [3.63, 3.8) is 0 Å². The smallest absolute Gasteiger partial charge is 0.143 e. The molecule has 0 bridgehead atoms. The number of furan rings is 1. The van der Waals surface area contributed by atoms with E-state index < -0.39 is 0 Å². The molecule has 0 atom stereocenters. The lowest BCUT2D eigenvalue weighted by Crippen LogP contribution is -2.11. The van der Waals surface area contributed by atoms with E-state index in [1.165, 1.54) is 54.2 Å². The molecule has 0 saturated carbocycles. The van der Waals surface area contributed by atoms with Gasteiger partial charge in [-0.2, -0.15) is 0 Å². The number of benzene rings is 10. The molecule has 54 heavy (non-hydrogen) atoms. The van der Waals surface area contributed by atoms with Crippen LogP contribution in [0.4, 0.5) is 17.1 Å². The lowest BCUT2D eigenvalue weighted by Gasteiger charge is -2.28. The quantitative estimate of drug-likeness (QED) is 0.168. The van der Waals surface area contributed by atoms with Gasteiger partial charge in [-0.3, -0.25) is 0 Å². The Morgan fingerprint density at radius 1 is 0.315 bits per heavy atom. The molecule has 1 aromatic heterocycles. The molecule has 2 nitrogen and oxygen atoms in total. The number of fused-ring (bicyclic) bond motifs is 9. The summed E-state index contributed by atoms with van der Waals surface area (Å²) in [7, 11) is 0. The zero-order chi connectivity index (χ0) is 35.6. The first-order valence-corrected chi connectivity index (χ1v) is 18.5. The highest BCUT2D eigenvalue weighted by Crippen LogP contribution is 2.45. The van der Waals surface area contributed by atoms with Crippen molar-refractivity contribution in [2.24, 2.45) is 0 Å². The van der Waals surface area contributed by atoms with Crippen LogP contribution in [0.1, 0.15) is 0 Å². The fourth-order valence-corrected chi connectivity index (χ4v) is 8.52. The highest BCUT2D eigenvalue weighted by Gasteiger charge is 2.20. The summed E-state index contributed by atoms with van der Waals surface area (Å²) in [5, 5.41) is 12.2. The van der Waals surface area contributed by atoms with Crippen LogP contribution in [0.25, 0.3) is 87.3 Å².